The third kappa shape index (κ3) is 4.29. The molecule has 0 amide bonds. The lowest BCUT2D eigenvalue weighted by Gasteiger charge is -2.17. The Morgan fingerprint density at radius 2 is 1.29 bits per heavy atom. The summed E-state index contributed by atoms with van der Waals surface area (Å²) in [6.45, 7) is 6.98. The van der Waals surface area contributed by atoms with E-state index in [1.165, 1.54) is 0 Å². The number of hydrogen-bond donors (Lipinski definition) is 0. The second-order valence-electron chi connectivity index (χ2n) is 6.48. The normalized spacial score (nSPS) is 12.7. The van der Waals surface area contributed by atoms with Crippen LogP contribution in [-0.4, -0.2) is 8.07 Å². The van der Waals surface area contributed by atoms with E-state index in [-0.39, 0.29) is 0 Å². The van der Waals surface area contributed by atoms with Gasteiger partial charge in [-0.05, 0) is 11.9 Å². The van der Waals surface area contributed by atoms with E-state index in [0.29, 0.717) is 0 Å². The highest BCUT2D eigenvalue weighted by molar-refractivity contribution is 7.81. The molecule has 2 rings (SSSR count). The molecule has 0 bridgehead atoms. The van der Waals surface area contributed by atoms with Gasteiger partial charge in [-0.3, -0.25) is 0 Å². The zero-order valence-electron chi connectivity index (χ0n) is 13.0. The van der Waals surface area contributed by atoms with Gasteiger partial charge >= 0.3 is 0 Å². The Bertz CT molecular complexity index is 598. The second kappa shape index (κ2) is 6.59. The molecule has 0 fully saturated rings. The first-order valence-electron chi connectivity index (χ1n) is 7.30. The van der Waals surface area contributed by atoms with Crippen molar-refractivity contribution in [3.63, 3.8) is 0 Å². The molecule has 0 spiro atoms. The fourth-order valence-corrected chi connectivity index (χ4v) is 5.47. The van der Waals surface area contributed by atoms with Crippen LogP contribution in [0.4, 0.5) is 0 Å². The molecule has 1 nitrogen and oxygen atoms in total. The minimum atomic E-state index is -2.67. The Kier molecular flexibility index (Phi) is 5.03. The van der Waals surface area contributed by atoms with E-state index in [1.807, 2.05) is 66.5 Å². The number of rotatable bonds is 5. The molecule has 0 saturated heterocycles. The summed E-state index contributed by atoms with van der Waals surface area (Å²) in [5.41, 5.74) is 0. The van der Waals surface area contributed by atoms with Gasteiger partial charge in [0.15, 0.2) is 7.14 Å². The van der Waals surface area contributed by atoms with Gasteiger partial charge in [0, 0.05) is 18.7 Å². The fourth-order valence-electron chi connectivity index (χ4n) is 2.17. The van der Waals surface area contributed by atoms with Crippen molar-refractivity contribution in [1.82, 2.24) is 0 Å². The number of hydrogen-bond acceptors (Lipinski definition) is 1. The van der Waals surface area contributed by atoms with Gasteiger partial charge in [0.05, 0.1) is 0 Å². The first-order chi connectivity index (χ1) is 9.92. The Hall–Kier alpha value is -1.37. The minimum Gasteiger partial charge on any atom is -0.309 e. The predicted octanol–water partition coefficient (Wildman–Crippen LogP) is 4.85. The lowest BCUT2D eigenvalue weighted by molar-refractivity contribution is 0.592. The van der Waals surface area contributed by atoms with Crippen molar-refractivity contribution < 1.29 is 4.57 Å². The molecule has 0 aliphatic rings. The first-order valence-corrected chi connectivity index (χ1v) is 12.8. The molecule has 3 heteroatoms. The fraction of sp³-hybridized carbons (Fsp3) is 0.222. The summed E-state index contributed by atoms with van der Waals surface area (Å²) in [5, 5.41) is 1.81. The molecule has 0 radical (unpaired) electrons. The second-order valence-corrected chi connectivity index (χ2v) is 14.7. The van der Waals surface area contributed by atoms with Crippen molar-refractivity contribution in [2.24, 2.45) is 0 Å². The van der Waals surface area contributed by atoms with Crippen LogP contribution in [0.2, 0.25) is 25.7 Å². The maximum atomic E-state index is 13.6. The van der Waals surface area contributed by atoms with Crippen LogP contribution in [0.25, 0.3) is 0 Å². The van der Waals surface area contributed by atoms with Gasteiger partial charge in [0.1, 0.15) is 0 Å². The van der Waals surface area contributed by atoms with Crippen molar-refractivity contribution in [3.05, 3.63) is 72.6 Å². The third-order valence-corrected chi connectivity index (χ3v) is 7.55. The summed E-state index contributed by atoms with van der Waals surface area (Å²) in [6, 6.07) is 20.7. The van der Waals surface area contributed by atoms with Gasteiger partial charge in [-0.15, -0.1) is 0 Å². The molecule has 110 valence electrons. The number of benzene rings is 2. The molecular formula is C18H23OPSi. The van der Waals surface area contributed by atoms with E-state index in [4.69, 9.17) is 0 Å². The summed E-state index contributed by atoms with van der Waals surface area (Å²) >= 11 is 0. The highest BCUT2D eigenvalue weighted by Crippen LogP contribution is 2.45. The van der Waals surface area contributed by atoms with Crippen LogP contribution in [0.1, 0.15) is 0 Å². The van der Waals surface area contributed by atoms with Crippen LogP contribution in [0, 0.1) is 0 Å². The van der Waals surface area contributed by atoms with Gasteiger partial charge in [-0.1, -0.05) is 86.4 Å². The van der Waals surface area contributed by atoms with Crippen LogP contribution in [0.15, 0.2) is 72.6 Å². The van der Waals surface area contributed by atoms with Crippen LogP contribution >= 0.6 is 7.14 Å². The SMILES string of the molecule is C[Si](C)(C)CC=CP(=O)(c1ccccc1)c1ccccc1. The molecule has 0 aliphatic carbocycles. The molecule has 0 aromatic heterocycles. The molecule has 0 atom stereocenters. The molecule has 0 aliphatic heterocycles. The molecule has 0 heterocycles. The third-order valence-electron chi connectivity index (χ3n) is 3.33. The average Bonchev–Trinajstić information content (AvgIpc) is 2.47. The highest BCUT2D eigenvalue weighted by Gasteiger charge is 2.23. The van der Waals surface area contributed by atoms with Crippen molar-refractivity contribution in [2.45, 2.75) is 25.7 Å². The van der Waals surface area contributed by atoms with Crippen LogP contribution in [0.5, 0.6) is 0 Å². The molecule has 0 N–H and O–H groups in total. The molecule has 0 unspecified atom stereocenters. The Balaban J connectivity index is 2.43. The molecular weight excluding hydrogens is 291 g/mol. The van der Waals surface area contributed by atoms with Crippen molar-refractivity contribution in [2.75, 3.05) is 0 Å². The number of allylic oxidation sites excluding steroid dienone is 1. The Labute approximate surface area is 129 Å². The zero-order chi connectivity index (χ0) is 15.3. The topological polar surface area (TPSA) is 17.1 Å². The summed E-state index contributed by atoms with van der Waals surface area (Å²) in [5.74, 6) is 1.95. The molecule has 0 saturated carbocycles. The summed E-state index contributed by atoms with van der Waals surface area (Å²) in [7, 11) is -3.84. The van der Waals surface area contributed by atoms with E-state index in [9.17, 15) is 4.57 Å². The lowest BCUT2D eigenvalue weighted by Crippen LogP contribution is -2.18. The Morgan fingerprint density at radius 1 is 0.857 bits per heavy atom. The van der Waals surface area contributed by atoms with Crippen LogP contribution in [0.3, 0.4) is 0 Å². The lowest BCUT2D eigenvalue weighted by atomic mass is 10.4. The maximum Gasteiger partial charge on any atom is 0.163 e. The average molecular weight is 314 g/mol. The van der Waals surface area contributed by atoms with E-state index in [1.54, 1.807) is 0 Å². The smallest absolute Gasteiger partial charge is 0.163 e. The minimum absolute atomic E-state index is 0.906. The monoisotopic (exact) mass is 314 g/mol. The van der Waals surface area contributed by atoms with Crippen molar-refractivity contribution in [3.8, 4) is 0 Å². The van der Waals surface area contributed by atoms with Crippen LogP contribution < -0.4 is 10.6 Å². The zero-order valence-corrected chi connectivity index (χ0v) is 14.9. The summed E-state index contributed by atoms with van der Waals surface area (Å²) in [6.07, 6.45) is 2.13. The summed E-state index contributed by atoms with van der Waals surface area (Å²) in [4.78, 5) is 0. The van der Waals surface area contributed by atoms with Gasteiger partial charge in [-0.25, -0.2) is 0 Å². The standard InChI is InChI=1S/C18H23OPSi/c1-21(2,3)16-10-15-20(19,17-11-6-4-7-12-17)18-13-8-5-9-14-18/h4-15H,16H2,1-3H3. The van der Waals surface area contributed by atoms with E-state index >= 15 is 0 Å². The molecule has 2 aromatic rings. The van der Waals surface area contributed by atoms with E-state index in [2.05, 4.69) is 25.7 Å². The molecule has 21 heavy (non-hydrogen) atoms. The van der Waals surface area contributed by atoms with E-state index < -0.39 is 15.2 Å². The maximum absolute atomic E-state index is 13.6. The van der Waals surface area contributed by atoms with Crippen molar-refractivity contribution in [1.29, 1.82) is 0 Å². The van der Waals surface area contributed by atoms with Gasteiger partial charge in [0.2, 0.25) is 0 Å². The quantitative estimate of drug-likeness (QED) is 0.569. The highest BCUT2D eigenvalue weighted by atomic mass is 31.2. The predicted molar refractivity (Wildman–Crippen MR) is 97.1 cm³/mol. The summed E-state index contributed by atoms with van der Waals surface area (Å²) < 4.78 is 13.6. The largest absolute Gasteiger partial charge is 0.309 e. The Morgan fingerprint density at radius 3 is 1.67 bits per heavy atom. The van der Waals surface area contributed by atoms with Gasteiger partial charge in [-0.2, -0.15) is 0 Å². The van der Waals surface area contributed by atoms with Gasteiger partial charge in [0.25, 0.3) is 0 Å². The van der Waals surface area contributed by atoms with Crippen molar-refractivity contribution >= 4 is 25.8 Å². The first kappa shape index (κ1) is 16.0. The van der Waals surface area contributed by atoms with Gasteiger partial charge < -0.3 is 4.57 Å². The van der Waals surface area contributed by atoms with Crippen LogP contribution in [-0.2, 0) is 4.57 Å². The molecule has 2 aromatic carbocycles. The van der Waals surface area contributed by atoms with E-state index in [0.717, 1.165) is 16.7 Å².